The van der Waals surface area contributed by atoms with Gasteiger partial charge in [0.25, 0.3) is 0 Å². The Labute approximate surface area is 129 Å². The number of nitrogens with zero attached hydrogens (tertiary/aromatic N) is 1. The minimum Gasteiger partial charge on any atom is -0.342 e. The number of nitrogens with one attached hydrogen (secondary N) is 1. The molecule has 2 atom stereocenters. The fourth-order valence-electron chi connectivity index (χ4n) is 4.31. The van der Waals surface area contributed by atoms with Crippen molar-refractivity contribution in [2.24, 2.45) is 23.7 Å². The molecule has 2 aliphatic heterocycles. The standard InChI is InChI=1S/C16H28N2O.ClH/c1-2-12-3-5-13(6-4-12)16(19)18-8-7-14-9-17-10-15(14)11-18;/h12-15,17H,2-11H2,1H3;1H. The second-order valence-electron chi connectivity index (χ2n) is 6.88. The number of hydrogen-bond acceptors (Lipinski definition) is 2. The molecule has 0 aromatic rings. The van der Waals surface area contributed by atoms with Gasteiger partial charge in [0.2, 0.25) is 5.91 Å². The molecule has 4 heteroatoms. The molecular formula is C16H29ClN2O. The molecular weight excluding hydrogens is 272 g/mol. The van der Waals surface area contributed by atoms with Crippen LogP contribution in [-0.2, 0) is 4.79 Å². The Morgan fingerprint density at radius 1 is 1.10 bits per heavy atom. The lowest BCUT2D eigenvalue weighted by atomic mass is 9.79. The van der Waals surface area contributed by atoms with Gasteiger partial charge in [-0.05, 0) is 62.9 Å². The summed E-state index contributed by atoms with van der Waals surface area (Å²) >= 11 is 0. The molecule has 0 bridgehead atoms. The first-order chi connectivity index (χ1) is 9.28. The van der Waals surface area contributed by atoms with Gasteiger partial charge in [-0.1, -0.05) is 13.3 Å². The molecule has 20 heavy (non-hydrogen) atoms. The van der Waals surface area contributed by atoms with Gasteiger partial charge in [0.05, 0.1) is 0 Å². The van der Waals surface area contributed by atoms with E-state index in [2.05, 4.69) is 17.1 Å². The number of amides is 1. The van der Waals surface area contributed by atoms with Crippen LogP contribution in [0.4, 0.5) is 0 Å². The number of fused-ring (bicyclic) bond motifs is 1. The Kier molecular flexibility index (Phi) is 5.74. The van der Waals surface area contributed by atoms with Crippen LogP contribution >= 0.6 is 12.4 Å². The molecule has 2 saturated heterocycles. The molecule has 0 spiro atoms. The Balaban J connectivity index is 0.00000147. The van der Waals surface area contributed by atoms with Crippen LogP contribution in [0.3, 0.4) is 0 Å². The minimum absolute atomic E-state index is 0. The van der Waals surface area contributed by atoms with Gasteiger partial charge in [-0.25, -0.2) is 0 Å². The summed E-state index contributed by atoms with van der Waals surface area (Å²) in [5.41, 5.74) is 0. The molecule has 1 saturated carbocycles. The monoisotopic (exact) mass is 300 g/mol. The Morgan fingerprint density at radius 2 is 1.80 bits per heavy atom. The largest absolute Gasteiger partial charge is 0.342 e. The molecule has 3 fully saturated rings. The van der Waals surface area contributed by atoms with Crippen molar-refractivity contribution < 1.29 is 4.79 Å². The van der Waals surface area contributed by atoms with Crippen molar-refractivity contribution in [1.82, 2.24) is 10.2 Å². The molecule has 3 rings (SSSR count). The SMILES string of the molecule is CCC1CCC(C(=O)N2CCC3CNCC3C2)CC1.Cl. The number of halogens is 1. The van der Waals surface area contributed by atoms with E-state index >= 15 is 0 Å². The number of carbonyl (C=O) groups excluding carboxylic acids is 1. The van der Waals surface area contributed by atoms with Crippen LogP contribution in [0.15, 0.2) is 0 Å². The van der Waals surface area contributed by atoms with Gasteiger partial charge in [-0.15, -0.1) is 12.4 Å². The summed E-state index contributed by atoms with van der Waals surface area (Å²) in [4.78, 5) is 14.8. The van der Waals surface area contributed by atoms with Crippen molar-refractivity contribution in [3.05, 3.63) is 0 Å². The lowest BCUT2D eigenvalue weighted by molar-refractivity contribution is -0.139. The van der Waals surface area contributed by atoms with Crippen LogP contribution in [0, 0.1) is 23.7 Å². The Bertz CT molecular complexity index is 328. The van der Waals surface area contributed by atoms with E-state index in [0.29, 0.717) is 11.8 Å². The first-order valence-electron chi connectivity index (χ1n) is 8.27. The van der Waals surface area contributed by atoms with Crippen molar-refractivity contribution in [1.29, 1.82) is 0 Å². The van der Waals surface area contributed by atoms with E-state index < -0.39 is 0 Å². The summed E-state index contributed by atoms with van der Waals surface area (Å²) in [6, 6.07) is 0. The van der Waals surface area contributed by atoms with Crippen molar-refractivity contribution in [3.63, 3.8) is 0 Å². The molecule has 116 valence electrons. The molecule has 3 nitrogen and oxygen atoms in total. The fourth-order valence-corrected chi connectivity index (χ4v) is 4.31. The second-order valence-corrected chi connectivity index (χ2v) is 6.88. The number of hydrogen-bond donors (Lipinski definition) is 1. The van der Waals surface area contributed by atoms with E-state index in [4.69, 9.17) is 0 Å². The molecule has 1 N–H and O–H groups in total. The summed E-state index contributed by atoms with van der Waals surface area (Å²) in [6.45, 7) is 6.61. The highest BCUT2D eigenvalue weighted by molar-refractivity contribution is 5.85. The van der Waals surface area contributed by atoms with Crippen LogP contribution in [-0.4, -0.2) is 37.0 Å². The van der Waals surface area contributed by atoms with Gasteiger partial charge in [-0.3, -0.25) is 4.79 Å². The molecule has 3 aliphatic rings. The van der Waals surface area contributed by atoms with Crippen LogP contribution in [0.25, 0.3) is 0 Å². The van der Waals surface area contributed by atoms with Gasteiger partial charge in [0.15, 0.2) is 0 Å². The predicted molar refractivity (Wildman–Crippen MR) is 84.0 cm³/mol. The summed E-state index contributed by atoms with van der Waals surface area (Å²) in [6.07, 6.45) is 7.33. The van der Waals surface area contributed by atoms with Gasteiger partial charge in [0.1, 0.15) is 0 Å². The van der Waals surface area contributed by atoms with E-state index in [0.717, 1.165) is 50.2 Å². The number of piperidine rings is 1. The topological polar surface area (TPSA) is 32.3 Å². The van der Waals surface area contributed by atoms with Crippen molar-refractivity contribution >= 4 is 18.3 Å². The summed E-state index contributed by atoms with van der Waals surface area (Å²) < 4.78 is 0. The fraction of sp³-hybridized carbons (Fsp3) is 0.938. The maximum Gasteiger partial charge on any atom is 0.225 e. The summed E-state index contributed by atoms with van der Waals surface area (Å²) in [5, 5.41) is 3.48. The first kappa shape index (κ1) is 16.1. The predicted octanol–water partition coefficient (Wildman–Crippen LogP) is 2.69. The maximum absolute atomic E-state index is 12.6. The average molecular weight is 301 g/mol. The molecule has 2 heterocycles. The summed E-state index contributed by atoms with van der Waals surface area (Å²) in [7, 11) is 0. The lowest BCUT2D eigenvalue weighted by Crippen LogP contribution is -2.46. The molecule has 0 aromatic carbocycles. The third-order valence-electron chi connectivity index (χ3n) is 5.79. The maximum atomic E-state index is 12.6. The average Bonchev–Trinajstić information content (AvgIpc) is 2.94. The van der Waals surface area contributed by atoms with E-state index in [9.17, 15) is 4.79 Å². The molecule has 0 radical (unpaired) electrons. The third-order valence-corrected chi connectivity index (χ3v) is 5.79. The molecule has 2 unspecified atom stereocenters. The van der Waals surface area contributed by atoms with Crippen LogP contribution < -0.4 is 5.32 Å². The van der Waals surface area contributed by atoms with Crippen molar-refractivity contribution in [2.75, 3.05) is 26.2 Å². The Morgan fingerprint density at radius 3 is 2.50 bits per heavy atom. The molecule has 1 aliphatic carbocycles. The van der Waals surface area contributed by atoms with Crippen LogP contribution in [0.5, 0.6) is 0 Å². The zero-order chi connectivity index (χ0) is 13.2. The smallest absolute Gasteiger partial charge is 0.225 e. The number of likely N-dealkylation sites (tertiary alicyclic amines) is 1. The van der Waals surface area contributed by atoms with Gasteiger partial charge < -0.3 is 10.2 Å². The number of carbonyl (C=O) groups is 1. The quantitative estimate of drug-likeness (QED) is 0.850. The molecule has 1 amide bonds. The third kappa shape index (κ3) is 3.30. The molecule has 0 aromatic heterocycles. The van der Waals surface area contributed by atoms with E-state index in [-0.39, 0.29) is 12.4 Å². The highest BCUT2D eigenvalue weighted by Crippen LogP contribution is 2.33. The van der Waals surface area contributed by atoms with Gasteiger partial charge in [-0.2, -0.15) is 0 Å². The first-order valence-corrected chi connectivity index (χ1v) is 8.27. The normalized spacial score (nSPS) is 37.1. The van der Waals surface area contributed by atoms with E-state index in [1.165, 1.54) is 32.2 Å². The highest BCUT2D eigenvalue weighted by Gasteiger charge is 2.37. The Hall–Kier alpha value is -0.280. The second kappa shape index (κ2) is 7.13. The minimum atomic E-state index is 0. The zero-order valence-electron chi connectivity index (χ0n) is 12.6. The van der Waals surface area contributed by atoms with E-state index in [1.54, 1.807) is 0 Å². The zero-order valence-corrected chi connectivity index (χ0v) is 13.5. The van der Waals surface area contributed by atoms with Crippen LogP contribution in [0.1, 0.15) is 45.4 Å². The van der Waals surface area contributed by atoms with Crippen molar-refractivity contribution in [2.45, 2.75) is 45.4 Å². The summed E-state index contributed by atoms with van der Waals surface area (Å²) in [5.74, 6) is 3.26. The van der Waals surface area contributed by atoms with Crippen LogP contribution in [0.2, 0.25) is 0 Å². The van der Waals surface area contributed by atoms with E-state index in [1.807, 2.05) is 0 Å². The van der Waals surface area contributed by atoms with Crippen molar-refractivity contribution in [3.8, 4) is 0 Å². The van der Waals surface area contributed by atoms with Gasteiger partial charge >= 0.3 is 0 Å². The lowest BCUT2D eigenvalue weighted by Gasteiger charge is -2.38. The van der Waals surface area contributed by atoms with Gasteiger partial charge in [0, 0.05) is 19.0 Å². The highest BCUT2D eigenvalue weighted by atomic mass is 35.5. The number of rotatable bonds is 2.